The first kappa shape index (κ1) is 27.2. The standard InChI is InChI=1S/C22H29N5O8/c1-22(2,3)35-21(32)25-13-18(29)24-10-5-9-23-17(28)6-4-11-26-19(30)15-8-7-14(27(33)34)12-16(15)20(26)31/h7-8,12H,4-6,9-11,13H2,1-3H3,(H,23,28)(H,24,29)(H,25,32). The largest absolute Gasteiger partial charge is 0.444 e. The van der Waals surface area contributed by atoms with Gasteiger partial charge in [0.1, 0.15) is 5.60 Å². The molecule has 0 unspecified atom stereocenters. The molecule has 13 heteroatoms. The van der Waals surface area contributed by atoms with Crippen LogP contribution in [0.1, 0.15) is 60.7 Å². The van der Waals surface area contributed by atoms with Crippen molar-refractivity contribution >= 4 is 35.4 Å². The molecule has 1 aromatic rings. The van der Waals surface area contributed by atoms with Gasteiger partial charge in [0.25, 0.3) is 17.5 Å². The van der Waals surface area contributed by atoms with Crippen molar-refractivity contribution in [2.75, 3.05) is 26.2 Å². The lowest BCUT2D eigenvalue weighted by molar-refractivity contribution is -0.384. The third kappa shape index (κ3) is 8.36. The number of ether oxygens (including phenoxy) is 1. The van der Waals surface area contributed by atoms with Gasteiger partial charge in [-0.05, 0) is 39.7 Å². The molecule has 1 aliphatic rings. The fraction of sp³-hybridized carbons (Fsp3) is 0.500. The summed E-state index contributed by atoms with van der Waals surface area (Å²) in [6.07, 6.45) is 0.0650. The molecule has 1 heterocycles. The minimum Gasteiger partial charge on any atom is -0.444 e. The summed E-state index contributed by atoms with van der Waals surface area (Å²) >= 11 is 0. The Morgan fingerprint density at radius 2 is 1.60 bits per heavy atom. The number of fused-ring (bicyclic) bond motifs is 1. The zero-order valence-corrected chi connectivity index (χ0v) is 19.8. The molecule has 0 fully saturated rings. The van der Waals surface area contributed by atoms with Gasteiger partial charge in [0.15, 0.2) is 0 Å². The highest BCUT2D eigenvalue weighted by molar-refractivity contribution is 6.21. The summed E-state index contributed by atoms with van der Waals surface area (Å²) in [4.78, 5) is 71.2. The maximum Gasteiger partial charge on any atom is 0.408 e. The second-order valence-electron chi connectivity index (χ2n) is 8.76. The van der Waals surface area contributed by atoms with E-state index in [-0.39, 0.29) is 55.2 Å². The van der Waals surface area contributed by atoms with Crippen LogP contribution in [0.25, 0.3) is 0 Å². The van der Waals surface area contributed by atoms with Crippen LogP contribution in [0.3, 0.4) is 0 Å². The Morgan fingerprint density at radius 1 is 0.971 bits per heavy atom. The minimum atomic E-state index is -0.692. The van der Waals surface area contributed by atoms with Gasteiger partial charge in [-0.2, -0.15) is 0 Å². The monoisotopic (exact) mass is 491 g/mol. The highest BCUT2D eigenvalue weighted by Crippen LogP contribution is 2.26. The first-order valence-electron chi connectivity index (χ1n) is 11.0. The Hall–Kier alpha value is -4.03. The maximum absolute atomic E-state index is 12.4. The van der Waals surface area contributed by atoms with Crippen LogP contribution in [-0.2, 0) is 14.3 Å². The van der Waals surface area contributed by atoms with Gasteiger partial charge in [-0.3, -0.25) is 34.2 Å². The van der Waals surface area contributed by atoms with Crippen LogP contribution >= 0.6 is 0 Å². The zero-order chi connectivity index (χ0) is 26.2. The number of rotatable bonds is 11. The number of benzene rings is 1. The fourth-order valence-corrected chi connectivity index (χ4v) is 3.15. The number of nitro groups is 1. The summed E-state index contributed by atoms with van der Waals surface area (Å²) in [5.74, 6) is -1.84. The minimum absolute atomic E-state index is 0.00820. The van der Waals surface area contributed by atoms with Gasteiger partial charge < -0.3 is 20.7 Å². The van der Waals surface area contributed by atoms with Crippen LogP contribution in [-0.4, -0.2) is 71.3 Å². The Kier molecular flexibility index (Phi) is 9.26. The first-order valence-corrected chi connectivity index (χ1v) is 11.0. The van der Waals surface area contributed by atoms with Crippen LogP contribution in [0.4, 0.5) is 10.5 Å². The highest BCUT2D eigenvalue weighted by Gasteiger charge is 2.36. The molecule has 0 saturated carbocycles. The summed E-state index contributed by atoms with van der Waals surface area (Å²) < 4.78 is 5.02. The summed E-state index contributed by atoms with van der Waals surface area (Å²) in [7, 11) is 0. The summed E-state index contributed by atoms with van der Waals surface area (Å²) in [6.45, 7) is 5.50. The van der Waals surface area contributed by atoms with Gasteiger partial charge in [0.2, 0.25) is 11.8 Å². The molecule has 0 bridgehead atoms. The van der Waals surface area contributed by atoms with Crippen molar-refractivity contribution in [3.63, 3.8) is 0 Å². The van der Waals surface area contributed by atoms with Gasteiger partial charge in [-0.25, -0.2) is 4.79 Å². The first-order chi connectivity index (χ1) is 16.4. The predicted molar refractivity (Wildman–Crippen MR) is 123 cm³/mol. The van der Waals surface area contributed by atoms with Crippen molar-refractivity contribution < 1.29 is 33.6 Å². The van der Waals surface area contributed by atoms with Gasteiger partial charge in [-0.15, -0.1) is 0 Å². The molecular formula is C22H29N5O8. The number of carbonyl (C=O) groups is 5. The number of amides is 5. The molecule has 1 aromatic carbocycles. The SMILES string of the molecule is CC(C)(C)OC(=O)NCC(=O)NCCCNC(=O)CCCN1C(=O)c2ccc([N+](=O)[O-])cc2C1=O. The Bertz CT molecular complexity index is 1020. The van der Waals surface area contributed by atoms with Crippen LogP contribution in [0, 0.1) is 10.1 Å². The van der Waals surface area contributed by atoms with Crippen molar-refractivity contribution in [2.45, 2.75) is 45.6 Å². The van der Waals surface area contributed by atoms with Crippen molar-refractivity contribution in [3.8, 4) is 0 Å². The van der Waals surface area contributed by atoms with Crippen molar-refractivity contribution in [1.82, 2.24) is 20.9 Å². The Balaban J connectivity index is 1.60. The number of nitrogens with one attached hydrogen (secondary N) is 3. The lowest BCUT2D eigenvalue weighted by Crippen LogP contribution is -2.40. The van der Waals surface area contributed by atoms with E-state index in [9.17, 15) is 34.1 Å². The van der Waals surface area contributed by atoms with Gasteiger partial charge in [0, 0.05) is 38.2 Å². The second-order valence-corrected chi connectivity index (χ2v) is 8.76. The van der Waals surface area contributed by atoms with Crippen LogP contribution in [0.5, 0.6) is 0 Å². The number of carbonyl (C=O) groups excluding carboxylic acids is 5. The quantitative estimate of drug-likeness (QED) is 0.178. The van der Waals surface area contributed by atoms with Crippen LogP contribution < -0.4 is 16.0 Å². The van der Waals surface area contributed by atoms with Crippen LogP contribution in [0.2, 0.25) is 0 Å². The molecule has 0 aliphatic carbocycles. The normalized spacial score (nSPS) is 12.7. The van der Waals surface area contributed by atoms with E-state index in [4.69, 9.17) is 4.74 Å². The molecule has 5 amide bonds. The van der Waals surface area contributed by atoms with Crippen molar-refractivity contribution in [3.05, 3.63) is 39.4 Å². The highest BCUT2D eigenvalue weighted by atomic mass is 16.6. The van der Waals surface area contributed by atoms with E-state index >= 15 is 0 Å². The molecule has 1 aliphatic heterocycles. The molecular weight excluding hydrogens is 462 g/mol. The predicted octanol–water partition coefficient (Wildman–Crippen LogP) is 1.12. The lowest BCUT2D eigenvalue weighted by atomic mass is 10.1. The van der Waals surface area contributed by atoms with E-state index < -0.39 is 34.3 Å². The van der Waals surface area contributed by atoms with E-state index in [0.717, 1.165) is 11.0 Å². The number of nitrogens with zero attached hydrogens (tertiary/aromatic N) is 2. The number of imide groups is 1. The van der Waals surface area contributed by atoms with E-state index in [1.807, 2.05) is 0 Å². The molecule has 0 aromatic heterocycles. The molecule has 190 valence electrons. The smallest absolute Gasteiger partial charge is 0.408 e. The van der Waals surface area contributed by atoms with Crippen molar-refractivity contribution in [1.29, 1.82) is 0 Å². The van der Waals surface area contributed by atoms with Gasteiger partial charge in [0.05, 0.1) is 22.6 Å². The van der Waals surface area contributed by atoms with Gasteiger partial charge in [-0.1, -0.05) is 0 Å². The third-order valence-electron chi connectivity index (χ3n) is 4.74. The summed E-state index contributed by atoms with van der Waals surface area (Å²) in [5, 5.41) is 18.5. The number of hydrogen-bond donors (Lipinski definition) is 3. The van der Waals surface area contributed by atoms with Crippen LogP contribution in [0.15, 0.2) is 18.2 Å². The van der Waals surface area contributed by atoms with E-state index in [1.165, 1.54) is 12.1 Å². The lowest BCUT2D eigenvalue weighted by Gasteiger charge is -2.19. The number of nitro benzene ring substituents is 1. The molecule has 3 N–H and O–H groups in total. The van der Waals surface area contributed by atoms with Gasteiger partial charge >= 0.3 is 6.09 Å². The number of non-ortho nitro benzene ring substituents is 1. The summed E-state index contributed by atoms with van der Waals surface area (Å²) in [6, 6.07) is 3.50. The second kappa shape index (κ2) is 11.9. The van der Waals surface area contributed by atoms with E-state index in [2.05, 4.69) is 16.0 Å². The Labute approximate surface area is 201 Å². The number of alkyl carbamates (subject to hydrolysis) is 1. The molecule has 0 saturated heterocycles. The Morgan fingerprint density at radius 3 is 2.23 bits per heavy atom. The molecule has 0 spiro atoms. The molecule has 13 nitrogen and oxygen atoms in total. The summed E-state index contributed by atoms with van der Waals surface area (Å²) in [5.41, 5.74) is -0.848. The van der Waals surface area contributed by atoms with Crippen molar-refractivity contribution in [2.24, 2.45) is 0 Å². The average molecular weight is 492 g/mol. The maximum atomic E-state index is 12.4. The fourth-order valence-electron chi connectivity index (χ4n) is 3.15. The average Bonchev–Trinajstić information content (AvgIpc) is 3.00. The van der Waals surface area contributed by atoms with E-state index in [0.29, 0.717) is 13.0 Å². The molecule has 0 atom stereocenters. The zero-order valence-electron chi connectivity index (χ0n) is 19.8. The van der Waals surface area contributed by atoms with E-state index in [1.54, 1.807) is 20.8 Å². The number of hydrogen-bond acceptors (Lipinski definition) is 8. The topological polar surface area (TPSA) is 177 Å². The molecule has 35 heavy (non-hydrogen) atoms. The molecule has 2 rings (SSSR count). The molecule has 0 radical (unpaired) electrons. The third-order valence-corrected chi connectivity index (χ3v) is 4.74.